The van der Waals surface area contributed by atoms with Crippen LogP contribution in [0.2, 0.25) is 0 Å². The van der Waals surface area contributed by atoms with Crippen LogP contribution in [-0.2, 0) is 9.53 Å². The van der Waals surface area contributed by atoms with Crippen molar-refractivity contribution in [2.45, 2.75) is 12.8 Å². The molecule has 0 bridgehead atoms. The summed E-state index contributed by atoms with van der Waals surface area (Å²) < 4.78 is 4.86. The number of nitriles is 1. The Bertz CT molecular complexity index is 751. The molecule has 2 rings (SSSR count). The summed E-state index contributed by atoms with van der Waals surface area (Å²) in [6.45, 7) is 1.79. The summed E-state index contributed by atoms with van der Waals surface area (Å²) in [6.07, 6.45) is 1.34. The molecular formula is C14H11N3O4. The fourth-order valence-electron chi connectivity index (χ4n) is 2.06. The topological polar surface area (TPSA) is 106 Å². The largest absolute Gasteiger partial charge is 0.465 e. The Hall–Kier alpha value is -3.01. The van der Waals surface area contributed by atoms with Crippen molar-refractivity contribution < 1.29 is 14.5 Å². The maximum atomic E-state index is 11.8. The number of carbonyl (C=O) groups excluding carboxylic acids is 1. The average molecular weight is 285 g/mol. The molecule has 0 saturated carbocycles. The molecule has 0 aliphatic rings. The highest BCUT2D eigenvalue weighted by Gasteiger charge is 2.25. The van der Waals surface area contributed by atoms with Crippen molar-refractivity contribution in [2.75, 3.05) is 6.61 Å². The minimum Gasteiger partial charge on any atom is -0.465 e. The molecule has 1 aromatic carbocycles. The molecule has 1 unspecified atom stereocenters. The lowest BCUT2D eigenvalue weighted by atomic mass is 9.96. The fourth-order valence-corrected chi connectivity index (χ4v) is 2.06. The van der Waals surface area contributed by atoms with Crippen LogP contribution < -0.4 is 0 Å². The molecule has 0 fully saturated rings. The first-order valence-corrected chi connectivity index (χ1v) is 6.18. The summed E-state index contributed by atoms with van der Waals surface area (Å²) in [7, 11) is 0. The van der Waals surface area contributed by atoms with Crippen molar-refractivity contribution in [2.24, 2.45) is 0 Å². The lowest BCUT2D eigenvalue weighted by molar-refractivity contribution is -0.383. The van der Waals surface area contributed by atoms with Crippen LogP contribution in [0, 0.1) is 21.4 Å². The summed E-state index contributed by atoms with van der Waals surface area (Å²) in [5, 5.41) is 20.6. The quantitative estimate of drug-likeness (QED) is 0.484. The van der Waals surface area contributed by atoms with Crippen LogP contribution in [0.25, 0.3) is 10.9 Å². The number of benzene rings is 1. The molecule has 1 atom stereocenters. The van der Waals surface area contributed by atoms with E-state index in [1.807, 2.05) is 6.07 Å². The first-order chi connectivity index (χ1) is 10.1. The molecule has 2 aromatic rings. The first kappa shape index (κ1) is 14.4. The van der Waals surface area contributed by atoms with Gasteiger partial charge in [0, 0.05) is 17.6 Å². The molecule has 106 valence electrons. The molecule has 7 nitrogen and oxygen atoms in total. The zero-order valence-electron chi connectivity index (χ0n) is 11.1. The Labute approximate surface area is 119 Å². The monoisotopic (exact) mass is 285 g/mol. The number of aromatic nitrogens is 1. The second-order valence-corrected chi connectivity index (χ2v) is 4.14. The third-order valence-corrected chi connectivity index (χ3v) is 2.94. The van der Waals surface area contributed by atoms with E-state index >= 15 is 0 Å². The van der Waals surface area contributed by atoms with E-state index in [1.165, 1.54) is 24.4 Å². The van der Waals surface area contributed by atoms with Gasteiger partial charge in [-0.3, -0.25) is 14.9 Å². The standard InChI is InChI=1S/C14H11N3O4/c1-2-21-14(18)11(8-15)9-6-7-16-13-10(9)4-3-5-12(13)17(19)20/h3-7,11H,2H2,1H3. The van der Waals surface area contributed by atoms with E-state index in [0.717, 1.165) is 0 Å². The Morgan fingerprint density at radius 1 is 1.52 bits per heavy atom. The summed E-state index contributed by atoms with van der Waals surface area (Å²) in [5.41, 5.74) is 0.323. The van der Waals surface area contributed by atoms with E-state index < -0.39 is 16.8 Å². The van der Waals surface area contributed by atoms with E-state index in [4.69, 9.17) is 4.74 Å². The Morgan fingerprint density at radius 2 is 2.29 bits per heavy atom. The molecule has 1 heterocycles. The highest BCUT2D eigenvalue weighted by molar-refractivity contribution is 5.94. The van der Waals surface area contributed by atoms with Crippen molar-refractivity contribution in [1.82, 2.24) is 4.98 Å². The van der Waals surface area contributed by atoms with Crippen LogP contribution in [0.5, 0.6) is 0 Å². The third-order valence-electron chi connectivity index (χ3n) is 2.94. The lowest BCUT2D eigenvalue weighted by Gasteiger charge is -2.11. The molecule has 1 aromatic heterocycles. The van der Waals surface area contributed by atoms with Gasteiger partial charge in [-0.05, 0) is 18.6 Å². The molecule has 0 spiro atoms. The molecule has 0 N–H and O–H groups in total. The van der Waals surface area contributed by atoms with Crippen molar-refractivity contribution in [1.29, 1.82) is 5.26 Å². The van der Waals surface area contributed by atoms with Gasteiger partial charge in [0.25, 0.3) is 5.69 Å². The Morgan fingerprint density at radius 3 is 2.90 bits per heavy atom. The summed E-state index contributed by atoms with van der Waals surface area (Å²) in [6, 6.07) is 7.78. The number of non-ortho nitro benzene ring substituents is 1. The normalized spacial score (nSPS) is 11.6. The zero-order chi connectivity index (χ0) is 15.4. The number of hydrogen-bond acceptors (Lipinski definition) is 6. The number of para-hydroxylation sites is 1. The second-order valence-electron chi connectivity index (χ2n) is 4.14. The molecule has 0 saturated heterocycles. The van der Waals surface area contributed by atoms with Gasteiger partial charge in [-0.2, -0.15) is 5.26 Å². The molecule has 7 heteroatoms. The zero-order valence-corrected chi connectivity index (χ0v) is 11.1. The van der Waals surface area contributed by atoms with Crippen molar-refractivity contribution in [3.63, 3.8) is 0 Å². The predicted octanol–water partition coefficient (Wildman–Crippen LogP) is 2.31. The fraction of sp³-hybridized carbons (Fsp3) is 0.214. The van der Waals surface area contributed by atoms with E-state index in [0.29, 0.717) is 10.9 Å². The molecule has 21 heavy (non-hydrogen) atoms. The van der Waals surface area contributed by atoms with Crippen LogP contribution >= 0.6 is 0 Å². The minimum atomic E-state index is -1.14. The number of carbonyl (C=O) groups is 1. The van der Waals surface area contributed by atoms with Crippen LogP contribution in [-0.4, -0.2) is 22.5 Å². The van der Waals surface area contributed by atoms with Crippen LogP contribution in [0.3, 0.4) is 0 Å². The summed E-state index contributed by atoms with van der Waals surface area (Å²) in [4.78, 5) is 26.3. The number of pyridine rings is 1. The molecule has 0 aliphatic heterocycles. The highest BCUT2D eigenvalue weighted by atomic mass is 16.6. The highest BCUT2D eigenvalue weighted by Crippen LogP contribution is 2.30. The molecule has 0 radical (unpaired) electrons. The van der Waals surface area contributed by atoms with Gasteiger partial charge in [0.2, 0.25) is 0 Å². The smallest absolute Gasteiger partial charge is 0.327 e. The second kappa shape index (κ2) is 5.96. The third kappa shape index (κ3) is 2.65. The lowest BCUT2D eigenvalue weighted by Crippen LogP contribution is -2.15. The summed E-state index contributed by atoms with van der Waals surface area (Å²) in [5.74, 6) is -1.82. The van der Waals surface area contributed by atoms with Gasteiger partial charge in [-0.15, -0.1) is 0 Å². The van der Waals surface area contributed by atoms with E-state index in [9.17, 15) is 20.2 Å². The van der Waals surface area contributed by atoms with E-state index in [1.54, 1.807) is 13.0 Å². The van der Waals surface area contributed by atoms with Crippen LogP contribution in [0.4, 0.5) is 5.69 Å². The number of nitro benzene ring substituents is 1. The average Bonchev–Trinajstić information content (AvgIpc) is 2.47. The predicted molar refractivity (Wildman–Crippen MR) is 73.4 cm³/mol. The van der Waals surface area contributed by atoms with Crippen LogP contribution in [0.15, 0.2) is 30.5 Å². The first-order valence-electron chi connectivity index (χ1n) is 6.18. The van der Waals surface area contributed by atoms with Gasteiger partial charge in [-0.25, -0.2) is 4.98 Å². The van der Waals surface area contributed by atoms with Gasteiger partial charge < -0.3 is 4.74 Å². The summed E-state index contributed by atoms with van der Waals surface area (Å²) >= 11 is 0. The molecular weight excluding hydrogens is 274 g/mol. The van der Waals surface area contributed by atoms with Crippen molar-refractivity contribution in [3.05, 3.63) is 46.1 Å². The van der Waals surface area contributed by atoms with Gasteiger partial charge >= 0.3 is 5.97 Å². The van der Waals surface area contributed by atoms with Gasteiger partial charge in [0.15, 0.2) is 5.92 Å². The molecule has 0 aliphatic carbocycles. The minimum absolute atomic E-state index is 0.143. The maximum Gasteiger partial charge on any atom is 0.327 e. The number of rotatable bonds is 4. The number of ether oxygens (including phenoxy) is 1. The van der Waals surface area contributed by atoms with Crippen LogP contribution in [0.1, 0.15) is 18.4 Å². The van der Waals surface area contributed by atoms with Gasteiger partial charge in [0.05, 0.1) is 17.6 Å². The number of nitro groups is 1. The SMILES string of the molecule is CCOC(=O)C(C#N)c1ccnc2c([N+](=O)[O-])cccc12. The molecule has 0 amide bonds. The number of nitrogens with zero attached hydrogens (tertiary/aromatic N) is 3. The number of esters is 1. The van der Waals surface area contributed by atoms with E-state index in [-0.39, 0.29) is 17.8 Å². The maximum absolute atomic E-state index is 11.8. The van der Waals surface area contributed by atoms with Crippen molar-refractivity contribution in [3.8, 4) is 6.07 Å². The Balaban J connectivity index is 2.65. The van der Waals surface area contributed by atoms with Crippen molar-refractivity contribution >= 4 is 22.6 Å². The van der Waals surface area contributed by atoms with Gasteiger partial charge in [-0.1, -0.05) is 12.1 Å². The van der Waals surface area contributed by atoms with E-state index in [2.05, 4.69) is 4.98 Å². The van der Waals surface area contributed by atoms with Gasteiger partial charge in [0.1, 0.15) is 5.52 Å². The number of hydrogen-bond donors (Lipinski definition) is 0. The Kier molecular flexibility index (Phi) is 4.09. The number of fused-ring (bicyclic) bond motifs is 1.